The van der Waals surface area contributed by atoms with Crippen molar-refractivity contribution in [1.29, 1.82) is 0 Å². The summed E-state index contributed by atoms with van der Waals surface area (Å²) in [4.78, 5) is 17.3. The molecule has 1 aliphatic heterocycles. The summed E-state index contributed by atoms with van der Waals surface area (Å²) in [6.45, 7) is 11.6. The molecule has 2 aromatic rings. The van der Waals surface area contributed by atoms with Crippen LogP contribution in [0.25, 0.3) is 0 Å². The first kappa shape index (κ1) is 22.0. The molecule has 0 radical (unpaired) electrons. The number of amides is 1. The SMILES string of the molecule is CCOc1ccc(CN2CCN(C(=O)c3ccc(OCC)c(OCC)c3)CC2)cc1. The molecule has 1 saturated heterocycles. The van der Waals surface area contributed by atoms with Gasteiger partial charge in [0.1, 0.15) is 5.75 Å². The average Bonchev–Trinajstić information content (AvgIpc) is 2.77. The maximum Gasteiger partial charge on any atom is 0.254 e. The van der Waals surface area contributed by atoms with Gasteiger partial charge < -0.3 is 19.1 Å². The van der Waals surface area contributed by atoms with Gasteiger partial charge in [-0.25, -0.2) is 0 Å². The van der Waals surface area contributed by atoms with Gasteiger partial charge in [-0.3, -0.25) is 9.69 Å². The number of piperazine rings is 1. The summed E-state index contributed by atoms with van der Waals surface area (Å²) in [7, 11) is 0. The molecule has 0 spiro atoms. The Hall–Kier alpha value is -2.73. The lowest BCUT2D eigenvalue weighted by molar-refractivity contribution is 0.0628. The zero-order valence-corrected chi connectivity index (χ0v) is 18.2. The first-order valence-corrected chi connectivity index (χ1v) is 10.8. The van der Waals surface area contributed by atoms with E-state index in [4.69, 9.17) is 14.2 Å². The highest BCUT2D eigenvalue weighted by Crippen LogP contribution is 2.29. The summed E-state index contributed by atoms with van der Waals surface area (Å²) >= 11 is 0. The third-order valence-corrected chi connectivity index (χ3v) is 5.09. The summed E-state index contributed by atoms with van der Waals surface area (Å²) in [6.07, 6.45) is 0. The Morgan fingerprint density at radius 1 is 0.800 bits per heavy atom. The van der Waals surface area contributed by atoms with Gasteiger partial charge in [0.05, 0.1) is 19.8 Å². The average molecular weight is 413 g/mol. The van der Waals surface area contributed by atoms with E-state index in [0.717, 1.165) is 25.4 Å². The van der Waals surface area contributed by atoms with E-state index in [-0.39, 0.29) is 5.91 Å². The maximum absolute atomic E-state index is 13.0. The number of carbonyl (C=O) groups is 1. The summed E-state index contributed by atoms with van der Waals surface area (Å²) in [5, 5.41) is 0. The van der Waals surface area contributed by atoms with Crippen molar-refractivity contribution < 1.29 is 19.0 Å². The number of ether oxygens (including phenoxy) is 3. The molecule has 1 amide bonds. The molecular weight excluding hydrogens is 380 g/mol. The van der Waals surface area contributed by atoms with Crippen LogP contribution in [-0.2, 0) is 6.54 Å². The molecule has 0 aliphatic carbocycles. The van der Waals surface area contributed by atoms with Crippen LogP contribution in [0.2, 0.25) is 0 Å². The van der Waals surface area contributed by atoms with E-state index in [1.807, 2.05) is 49.9 Å². The van der Waals surface area contributed by atoms with Crippen molar-refractivity contribution in [3.05, 3.63) is 53.6 Å². The largest absolute Gasteiger partial charge is 0.494 e. The van der Waals surface area contributed by atoms with Crippen molar-refractivity contribution in [1.82, 2.24) is 9.80 Å². The predicted octanol–water partition coefficient (Wildman–Crippen LogP) is 3.84. The van der Waals surface area contributed by atoms with Crippen LogP contribution < -0.4 is 14.2 Å². The standard InChI is InChI=1S/C24H32N2O4/c1-4-28-21-10-7-19(8-11-21)18-25-13-15-26(16-14-25)24(27)20-9-12-22(29-5-2)23(17-20)30-6-3/h7-12,17H,4-6,13-16,18H2,1-3H3. The second kappa shape index (κ2) is 10.9. The minimum absolute atomic E-state index is 0.0414. The van der Waals surface area contributed by atoms with Crippen molar-refractivity contribution in [2.45, 2.75) is 27.3 Å². The van der Waals surface area contributed by atoms with Gasteiger partial charge in [-0.1, -0.05) is 12.1 Å². The molecule has 3 rings (SSSR count). The van der Waals surface area contributed by atoms with Gasteiger partial charge in [0.2, 0.25) is 0 Å². The van der Waals surface area contributed by atoms with Crippen molar-refractivity contribution >= 4 is 5.91 Å². The van der Waals surface area contributed by atoms with Gasteiger partial charge in [-0.15, -0.1) is 0 Å². The quantitative estimate of drug-likeness (QED) is 0.626. The molecule has 1 aliphatic rings. The van der Waals surface area contributed by atoms with Gasteiger partial charge >= 0.3 is 0 Å². The van der Waals surface area contributed by atoms with E-state index in [0.29, 0.717) is 50.0 Å². The number of rotatable bonds is 9. The lowest BCUT2D eigenvalue weighted by atomic mass is 10.1. The maximum atomic E-state index is 13.0. The molecular formula is C24H32N2O4. The van der Waals surface area contributed by atoms with Crippen LogP contribution in [0.4, 0.5) is 0 Å². The zero-order valence-electron chi connectivity index (χ0n) is 18.2. The highest BCUT2D eigenvalue weighted by atomic mass is 16.5. The van der Waals surface area contributed by atoms with Crippen molar-refractivity contribution in [2.24, 2.45) is 0 Å². The Morgan fingerprint density at radius 3 is 2.07 bits per heavy atom. The predicted molar refractivity (Wildman–Crippen MR) is 118 cm³/mol. The van der Waals surface area contributed by atoms with Crippen LogP contribution in [-0.4, -0.2) is 61.7 Å². The topological polar surface area (TPSA) is 51.2 Å². The summed E-state index contributed by atoms with van der Waals surface area (Å²) in [5.74, 6) is 2.24. The molecule has 6 nitrogen and oxygen atoms in total. The zero-order chi connectivity index (χ0) is 21.3. The second-order valence-electron chi connectivity index (χ2n) is 7.17. The number of hydrogen-bond donors (Lipinski definition) is 0. The molecule has 0 aromatic heterocycles. The lowest BCUT2D eigenvalue weighted by Crippen LogP contribution is -2.48. The molecule has 2 aromatic carbocycles. The molecule has 1 heterocycles. The van der Waals surface area contributed by atoms with E-state index >= 15 is 0 Å². The number of nitrogens with zero attached hydrogens (tertiary/aromatic N) is 2. The van der Waals surface area contributed by atoms with E-state index in [2.05, 4.69) is 17.0 Å². The van der Waals surface area contributed by atoms with Crippen LogP contribution in [0.5, 0.6) is 17.2 Å². The molecule has 0 atom stereocenters. The van der Waals surface area contributed by atoms with E-state index in [1.54, 1.807) is 6.07 Å². The Kier molecular flexibility index (Phi) is 7.97. The monoisotopic (exact) mass is 412 g/mol. The molecule has 162 valence electrons. The molecule has 0 N–H and O–H groups in total. The van der Waals surface area contributed by atoms with Crippen LogP contribution in [0, 0.1) is 0 Å². The normalized spacial score (nSPS) is 14.4. The van der Waals surface area contributed by atoms with E-state index in [1.165, 1.54) is 5.56 Å². The van der Waals surface area contributed by atoms with Crippen LogP contribution in [0.15, 0.2) is 42.5 Å². The third kappa shape index (κ3) is 5.66. The third-order valence-electron chi connectivity index (χ3n) is 5.09. The van der Waals surface area contributed by atoms with Crippen LogP contribution >= 0.6 is 0 Å². The summed E-state index contributed by atoms with van der Waals surface area (Å²) in [5.41, 5.74) is 1.90. The van der Waals surface area contributed by atoms with Gasteiger partial charge in [0, 0.05) is 38.3 Å². The van der Waals surface area contributed by atoms with E-state index < -0.39 is 0 Å². The first-order chi connectivity index (χ1) is 14.6. The van der Waals surface area contributed by atoms with Gasteiger partial charge in [0.25, 0.3) is 5.91 Å². The fourth-order valence-electron chi connectivity index (χ4n) is 3.59. The molecule has 6 heteroatoms. The van der Waals surface area contributed by atoms with Crippen LogP contribution in [0.1, 0.15) is 36.7 Å². The van der Waals surface area contributed by atoms with Crippen molar-refractivity contribution in [2.75, 3.05) is 46.0 Å². The number of hydrogen-bond acceptors (Lipinski definition) is 5. The molecule has 0 saturated carbocycles. The van der Waals surface area contributed by atoms with Gasteiger partial charge in [-0.2, -0.15) is 0 Å². The molecule has 30 heavy (non-hydrogen) atoms. The number of carbonyl (C=O) groups excluding carboxylic acids is 1. The van der Waals surface area contributed by atoms with Crippen LogP contribution in [0.3, 0.4) is 0 Å². The van der Waals surface area contributed by atoms with Gasteiger partial charge in [-0.05, 0) is 56.7 Å². The molecule has 0 bridgehead atoms. The smallest absolute Gasteiger partial charge is 0.254 e. The Balaban J connectivity index is 1.56. The summed E-state index contributed by atoms with van der Waals surface area (Å²) in [6, 6.07) is 13.7. The lowest BCUT2D eigenvalue weighted by Gasteiger charge is -2.35. The molecule has 1 fully saturated rings. The second-order valence-corrected chi connectivity index (χ2v) is 7.17. The minimum atomic E-state index is 0.0414. The van der Waals surface area contributed by atoms with Crippen molar-refractivity contribution in [3.8, 4) is 17.2 Å². The highest BCUT2D eigenvalue weighted by Gasteiger charge is 2.23. The number of benzene rings is 2. The Labute approximate surface area is 179 Å². The highest BCUT2D eigenvalue weighted by molar-refractivity contribution is 5.95. The summed E-state index contributed by atoms with van der Waals surface area (Å²) < 4.78 is 16.8. The first-order valence-electron chi connectivity index (χ1n) is 10.8. The minimum Gasteiger partial charge on any atom is -0.494 e. The van der Waals surface area contributed by atoms with Crippen molar-refractivity contribution in [3.63, 3.8) is 0 Å². The molecule has 0 unspecified atom stereocenters. The Morgan fingerprint density at radius 2 is 1.43 bits per heavy atom. The fraction of sp³-hybridized carbons (Fsp3) is 0.458. The fourth-order valence-corrected chi connectivity index (χ4v) is 3.59. The Bertz CT molecular complexity index is 814. The van der Waals surface area contributed by atoms with Gasteiger partial charge in [0.15, 0.2) is 11.5 Å². The van der Waals surface area contributed by atoms with E-state index in [9.17, 15) is 4.79 Å².